The van der Waals surface area contributed by atoms with Crippen molar-refractivity contribution in [2.75, 3.05) is 5.32 Å². The molecule has 130 valence electrons. The average Bonchev–Trinajstić information content (AvgIpc) is 3.28. The number of anilines is 1. The van der Waals surface area contributed by atoms with E-state index in [-0.39, 0.29) is 11.7 Å². The van der Waals surface area contributed by atoms with Gasteiger partial charge in [0.15, 0.2) is 5.65 Å². The molecule has 0 aliphatic heterocycles. The summed E-state index contributed by atoms with van der Waals surface area (Å²) in [6.07, 6.45) is 5.43. The van der Waals surface area contributed by atoms with Crippen LogP contribution < -0.4 is 5.32 Å². The number of rotatable bonds is 4. The van der Waals surface area contributed by atoms with E-state index in [0.717, 1.165) is 5.69 Å². The molecule has 0 saturated heterocycles. The first-order chi connectivity index (χ1) is 12.7. The number of benzene rings is 1. The first kappa shape index (κ1) is 15.9. The van der Waals surface area contributed by atoms with E-state index in [2.05, 4.69) is 20.6 Å². The molecule has 4 rings (SSSR count). The molecule has 0 spiro atoms. The molecule has 0 aliphatic rings. The second kappa shape index (κ2) is 6.40. The Bertz CT molecular complexity index is 1080. The molecule has 1 amide bonds. The zero-order valence-electron chi connectivity index (χ0n) is 13.9. The van der Waals surface area contributed by atoms with E-state index < -0.39 is 0 Å². The number of hydrogen-bond acceptors (Lipinski definition) is 4. The first-order valence-corrected chi connectivity index (χ1v) is 8.09. The number of carbonyl (C=O) groups is 1. The Hall–Kier alpha value is -3.55. The lowest BCUT2D eigenvalue weighted by molar-refractivity contribution is 0.102. The van der Waals surface area contributed by atoms with Gasteiger partial charge < -0.3 is 5.32 Å². The van der Waals surface area contributed by atoms with Gasteiger partial charge in [0.2, 0.25) is 0 Å². The average molecular weight is 350 g/mol. The van der Waals surface area contributed by atoms with Gasteiger partial charge in [0.25, 0.3) is 5.91 Å². The highest BCUT2D eigenvalue weighted by Gasteiger charge is 2.17. The third-order valence-electron chi connectivity index (χ3n) is 4.07. The minimum Gasteiger partial charge on any atom is -0.321 e. The lowest BCUT2D eigenvalue weighted by atomic mass is 10.2. The summed E-state index contributed by atoms with van der Waals surface area (Å²) >= 11 is 0. The molecule has 0 unspecified atom stereocenters. The van der Waals surface area contributed by atoms with Crippen LogP contribution in [-0.2, 0) is 6.42 Å². The number of carbonyl (C=O) groups excluding carboxylic acids is 1. The second-order valence-corrected chi connectivity index (χ2v) is 5.72. The quantitative estimate of drug-likeness (QED) is 0.614. The number of nitrogens with one attached hydrogen (secondary N) is 1. The molecule has 0 fully saturated rings. The van der Waals surface area contributed by atoms with Gasteiger partial charge in [-0.25, -0.2) is 9.07 Å². The van der Waals surface area contributed by atoms with Crippen molar-refractivity contribution in [1.29, 1.82) is 0 Å². The van der Waals surface area contributed by atoms with Crippen LogP contribution in [0, 0.1) is 5.82 Å². The van der Waals surface area contributed by atoms with E-state index in [1.807, 2.05) is 6.92 Å². The van der Waals surface area contributed by atoms with E-state index in [1.165, 1.54) is 18.3 Å². The topological polar surface area (TPSA) is 77.1 Å². The van der Waals surface area contributed by atoms with Crippen LogP contribution >= 0.6 is 0 Å². The van der Waals surface area contributed by atoms with Gasteiger partial charge in [0.05, 0.1) is 28.8 Å². The predicted octanol–water partition coefficient (Wildman–Crippen LogP) is 2.87. The summed E-state index contributed by atoms with van der Waals surface area (Å²) in [7, 11) is 0. The highest BCUT2D eigenvalue weighted by atomic mass is 19.1. The van der Waals surface area contributed by atoms with Crippen molar-refractivity contribution in [2.45, 2.75) is 13.3 Å². The molecule has 0 radical (unpaired) electrons. The molecule has 0 aliphatic carbocycles. The van der Waals surface area contributed by atoms with Crippen LogP contribution in [-0.4, -0.2) is 30.3 Å². The maximum Gasteiger partial charge on any atom is 0.259 e. The summed E-state index contributed by atoms with van der Waals surface area (Å²) in [6.45, 7) is 1.94. The summed E-state index contributed by atoms with van der Waals surface area (Å²) < 4.78 is 16.5. The number of aromatic nitrogens is 5. The van der Waals surface area contributed by atoms with Gasteiger partial charge in [-0.2, -0.15) is 5.10 Å². The molecule has 8 heteroatoms. The predicted molar refractivity (Wildman–Crippen MR) is 93.8 cm³/mol. The number of amides is 1. The number of nitrogens with zero attached hydrogens (tertiary/aromatic N) is 5. The lowest BCUT2D eigenvalue weighted by Crippen LogP contribution is -2.14. The smallest absolute Gasteiger partial charge is 0.259 e. The summed E-state index contributed by atoms with van der Waals surface area (Å²) in [6, 6.07) is 9.52. The van der Waals surface area contributed by atoms with Crippen LogP contribution in [0.4, 0.5) is 10.1 Å². The van der Waals surface area contributed by atoms with Gasteiger partial charge in [-0.1, -0.05) is 6.92 Å². The number of pyridine rings is 1. The second-order valence-electron chi connectivity index (χ2n) is 5.72. The first-order valence-electron chi connectivity index (χ1n) is 8.09. The number of fused-ring (bicyclic) bond motifs is 1. The van der Waals surface area contributed by atoms with Gasteiger partial charge in [0, 0.05) is 6.20 Å². The molecule has 0 saturated carbocycles. The van der Waals surface area contributed by atoms with Crippen molar-refractivity contribution in [1.82, 2.24) is 24.4 Å². The fourth-order valence-electron chi connectivity index (χ4n) is 2.81. The molecule has 1 aromatic carbocycles. The molecule has 3 heterocycles. The molecule has 7 nitrogen and oxygen atoms in total. The van der Waals surface area contributed by atoms with Gasteiger partial charge in [-0.3, -0.25) is 9.20 Å². The van der Waals surface area contributed by atoms with Gasteiger partial charge >= 0.3 is 0 Å². The Kier molecular flexibility index (Phi) is 3.92. The van der Waals surface area contributed by atoms with Crippen molar-refractivity contribution in [3.63, 3.8) is 0 Å². The van der Waals surface area contributed by atoms with Crippen molar-refractivity contribution in [3.8, 4) is 5.69 Å². The molecule has 1 N–H and O–H groups in total. The maximum atomic E-state index is 13.1. The van der Waals surface area contributed by atoms with Crippen molar-refractivity contribution in [2.24, 2.45) is 0 Å². The Balaban J connectivity index is 1.64. The van der Waals surface area contributed by atoms with Crippen LogP contribution in [0.25, 0.3) is 11.3 Å². The summed E-state index contributed by atoms with van der Waals surface area (Å²) in [5.74, 6) is -0.580. The number of halogens is 1. The third-order valence-corrected chi connectivity index (χ3v) is 4.07. The van der Waals surface area contributed by atoms with E-state index in [0.29, 0.717) is 29.0 Å². The minimum atomic E-state index is -0.318. The van der Waals surface area contributed by atoms with E-state index in [9.17, 15) is 9.18 Å². The summed E-state index contributed by atoms with van der Waals surface area (Å²) in [5, 5.41) is 14.9. The zero-order chi connectivity index (χ0) is 18.1. The maximum absolute atomic E-state index is 13.1. The van der Waals surface area contributed by atoms with Crippen LogP contribution in [0.1, 0.15) is 23.0 Å². The van der Waals surface area contributed by atoms with Crippen LogP contribution in [0.15, 0.2) is 55.1 Å². The molecular formula is C18H15FN6O. The highest BCUT2D eigenvalue weighted by Crippen LogP contribution is 2.18. The van der Waals surface area contributed by atoms with Crippen LogP contribution in [0.3, 0.4) is 0 Å². The van der Waals surface area contributed by atoms with Crippen LogP contribution in [0.5, 0.6) is 0 Å². The standard InChI is InChI=1S/C18H15FN6O/c1-2-16-15(9-21-25(16)14-6-3-12(19)4-7-14)18(26)22-13-5-8-17-23-20-11-24(17)10-13/h3-11H,2H2,1H3,(H,22,26). The van der Waals surface area contributed by atoms with Gasteiger partial charge in [0.1, 0.15) is 12.1 Å². The van der Waals surface area contributed by atoms with Gasteiger partial charge in [-0.05, 0) is 42.8 Å². The lowest BCUT2D eigenvalue weighted by Gasteiger charge is -2.09. The summed E-state index contributed by atoms with van der Waals surface area (Å²) in [4.78, 5) is 12.7. The largest absolute Gasteiger partial charge is 0.321 e. The molecular weight excluding hydrogens is 335 g/mol. The normalized spacial score (nSPS) is 11.0. The van der Waals surface area contributed by atoms with Crippen molar-refractivity contribution in [3.05, 3.63) is 72.2 Å². The Labute approximate surface area is 148 Å². The molecule has 26 heavy (non-hydrogen) atoms. The zero-order valence-corrected chi connectivity index (χ0v) is 13.9. The molecule has 4 aromatic rings. The van der Waals surface area contributed by atoms with E-state index >= 15 is 0 Å². The Morgan fingerprint density at radius 2 is 2.00 bits per heavy atom. The fraction of sp³-hybridized carbons (Fsp3) is 0.111. The summed E-state index contributed by atoms with van der Waals surface area (Å²) in [5.41, 5.74) is 3.24. The third kappa shape index (κ3) is 2.81. The SMILES string of the molecule is CCc1c(C(=O)Nc2ccc3nncn3c2)cnn1-c1ccc(F)cc1. The minimum absolute atomic E-state index is 0.261. The fourth-order valence-corrected chi connectivity index (χ4v) is 2.81. The van der Waals surface area contributed by atoms with Crippen LogP contribution in [0.2, 0.25) is 0 Å². The Morgan fingerprint density at radius 1 is 1.19 bits per heavy atom. The molecule has 3 aromatic heterocycles. The molecule has 0 bridgehead atoms. The monoisotopic (exact) mass is 350 g/mol. The Morgan fingerprint density at radius 3 is 2.77 bits per heavy atom. The highest BCUT2D eigenvalue weighted by molar-refractivity contribution is 6.05. The van der Waals surface area contributed by atoms with E-state index in [4.69, 9.17) is 0 Å². The van der Waals surface area contributed by atoms with E-state index in [1.54, 1.807) is 45.9 Å². The number of hydrogen-bond donors (Lipinski definition) is 1. The van der Waals surface area contributed by atoms with Crippen molar-refractivity contribution < 1.29 is 9.18 Å². The van der Waals surface area contributed by atoms with Crippen molar-refractivity contribution >= 4 is 17.2 Å². The van der Waals surface area contributed by atoms with Gasteiger partial charge in [-0.15, -0.1) is 10.2 Å². The molecule has 0 atom stereocenters.